The van der Waals surface area contributed by atoms with E-state index in [0.29, 0.717) is 5.41 Å². The first kappa shape index (κ1) is 19.0. The minimum atomic E-state index is -0.858. The molecule has 2 atom stereocenters. The van der Waals surface area contributed by atoms with Gasteiger partial charge in [-0.15, -0.1) is 0 Å². The van der Waals surface area contributed by atoms with Crippen LogP contribution in [0.1, 0.15) is 60.3 Å². The van der Waals surface area contributed by atoms with Crippen LogP contribution in [0.5, 0.6) is 0 Å². The second-order valence-corrected chi connectivity index (χ2v) is 9.90. The third kappa shape index (κ3) is 5.63. The van der Waals surface area contributed by atoms with Gasteiger partial charge in [0.05, 0.1) is 5.60 Å². The second kappa shape index (κ2) is 7.49. The maximum atomic E-state index is 10.0. The number of hydroxylamine groups is 1. The van der Waals surface area contributed by atoms with Crippen molar-refractivity contribution >= 4 is 30.1 Å². The lowest BCUT2D eigenvalue weighted by atomic mass is 9.89. The highest BCUT2D eigenvalue weighted by Gasteiger charge is 2.37. The van der Waals surface area contributed by atoms with Crippen LogP contribution >= 0.6 is 30.1 Å². The van der Waals surface area contributed by atoms with Crippen LogP contribution in [0.2, 0.25) is 0 Å². The summed E-state index contributed by atoms with van der Waals surface area (Å²) in [4.78, 5) is 5.65. The lowest BCUT2D eigenvalue weighted by Crippen LogP contribution is -2.50. The van der Waals surface area contributed by atoms with Gasteiger partial charge in [0.15, 0.2) is 0 Å². The third-order valence-corrected chi connectivity index (χ3v) is 6.54. The number of hydrogen-bond acceptors (Lipinski definition) is 4. The molecule has 0 heterocycles. The minimum absolute atomic E-state index is 0.531. The van der Waals surface area contributed by atoms with Crippen LogP contribution in [0.15, 0.2) is 0 Å². The second-order valence-electron chi connectivity index (χ2n) is 7.53. The van der Waals surface area contributed by atoms with Crippen molar-refractivity contribution in [1.29, 1.82) is 0 Å². The normalized spacial score (nSPS) is 28.1. The molecule has 5 heteroatoms. The summed E-state index contributed by atoms with van der Waals surface area (Å²) in [5.74, 6) is 2.07. The molecule has 1 aliphatic rings. The number of rotatable bonds is 8. The van der Waals surface area contributed by atoms with Crippen molar-refractivity contribution in [2.75, 3.05) is 12.3 Å². The van der Waals surface area contributed by atoms with E-state index < -0.39 is 11.2 Å². The van der Waals surface area contributed by atoms with Crippen molar-refractivity contribution in [1.82, 2.24) is 5.48 Å². The van der Waals surface area contributed by atoms with Gasteiger partial charge in [-0.3, -0.25) is 4.84 Å². The van der Waals surface area contributed by atoms with Crippen LogP contribution in [0.4, 0.5) is 0 Å². The lowest BCUT2D eigenvalue weighted by molar-refractivity contribution is -0.183. The Morgan fingerprint density at radius 1 is 1.40 bits per heavy atom. The van der Waals surface area contributed by atoms with Crippen molar-refractivity contribution < 1.29 is 9.94 Å². The van der Waals surface area contributed by atoms with Crippen LogP contribution in [0.3, 0.4) is 0 Å². The van der Waals surface area contributed by atoms with E-state index in [1.165, 1.54) is 25.0 Å². The Hall–Kier alpha value is 0.960. The fourth-order valence-corrected chi connectivity index (χ4v) is 5.36. The third-order valence-electron chi connectivity index (χ3n) is 4.80. The number of halogens is 1. The first-order valence-electron chi connectivity index (χ1n) is 7.46. The summed E-state index contributed by atoms with van der Waals surface area (Å²) in [5, 5.41) is 10.0. The molecule has 3 nitrogen and oxygen atoms in total. The standard InChI is InChI=1S/C15H30INO2S/c1-13(2,18)14(3,4)19-17-9-7-12-6-8-15(5,10-12)11-20-16/h12,17-18H,6-11H2,1-5H3. The number of nitrogens with one attached hydrogen (secondary N) is 1. The molecule has 120 valence electrons. The summed E-state index contributed by atoms with van der Waals surface area (Å²) in [6, 6.07) is 0. The van der Waals surface area contributed by atoms with E-state index in [2.05, 4.69) is 33.6 Å². The van der Waals surface area contributed by atoms with Gasteiger partial charge in [0, 0.05) is 12.3 Å². The van der Waals surface area contributed by atoms with Crippen LogP contribution in [-0.4, -0.2) is 28.6 Å². The molecule has 0 saturated heterocycles. The van der Waals surface area contributed by atoms with E-state index in [0.717, 1.165) is 18.9 Å². The zero-order chi connectivity index (χ0) is 15.4. The first-order valence-corrected chi connectivity index (χ1v) is 11.0. The van der Waals surface area contributed by atoms with E-state index in [9.17, 15) is 5.11 Å². The fraction of sp³-hybridized carbons (Fsp3) is 1.00. The topological polar surface area (TPSA) is 41.5 Å². The molecule has 0 aromatic rings. The van der Waals surface area contributed by atoms with E-state index >= 15 is 0 Å². The Bertz CT molecular complexity index is 307. The van der Waals surface area contributed by atoms with Crippen LogP contribution in [0.25, 0.3) is 0 Å². The van der Waals surface area contributed by atoms with Crippen LogP contribution < -0.4 is 5.48 Å². The molecule has 0 amide bonds. The Morgan fingerprint density at radius 2 is 2.05 bits per heavy atom. The number of hydrogen-bond donors (Lipinski definition) is 2. The molecule has 0 aromatic carbocycles. The summed E-state index contributed by atoms with van der Waals surface area (Å²) < 4.78 is 0. The molecule has 0 bridgehead atoms. The van der Waals surface area contributed by atoms with Gasteiger partial charge in [0.1, 0.15) is 5.60 Å². The molecule has 0 spiro atoms. The summed E-state index contributed by atoms with van der Waals surface area (Å²) >= 11 is 2.41. The highest BCUT2D eigenvalue weighted by atomic mass is 127. The van der Waals surface area contributed by atoms with Gasteiger partial charge in [-0.25, -0.2) is 5.48 Å². The van der Waals surface area contributed by atoms with E-state index in [1.54, 1.807) is 13.8 Å². The Balaban J connectivity index is 2.23. The molecule has 0 aliphatic heterocycles. The predicted octanol–water partition coefficient (Wildman–Crippen LogP) is 4.34. The molecule has 1 aliphatic carbocycles. The molecular weight excluding hydrogens is 385 g/mol. The number of aliphatic hydroxyl groups is 1. The SMILES string of the molecule is CC1(CSI)CCC(CCNOC(C)(C)C(C)(C)O)C1. The first-order chi connectivity index (χ1) is 9.10. The van der Waals surface area contributed by atoms with Gasteiger partial charge in [-0.1, -0.05) is 15.9 Å². The van der Waals surface area contributed by atoms with Gasteiger partial charge in [-0.2, -0.15) is 0 Å². The molecule has 0 aromatic heterocycles. The molecule has 1 fully saturated rings. The summed E-state index contributed by atoms with van der Waals surface area (Å²) in [6.45, 7) is 10.6. The zero-order valence-electron chi connectivity index (χ0n) is 13.5. The van der Waals surface area contributed by atoms with Gasteiger partial charge in [0.2, 0.25) is 0 Å². The van der Waals surface area contributed by atoms with Crippen molar-refractivity contribution in [3.8, 4) is 0 Å². The quantitative estimate of drug-likeness (QED) is 0.352. The predicted molar refractivity (Wildman–Crippen MR) is 96.0 cm³/mol. The molecule has 2 unspecified atom stereocenters. The fourth-order valence-electron chi connectivity index (χ4n) is 2.58. The smallest absolute Gasteiger partial charge is 0.112 e. The maximum Gasteiger partial charge on any atom is 0.112 e. The van der Waals surface area contributed by atoms with Gasteiger partial charge >= 0.3 is 0 Å². The largest absolute Gasteiger partial charge is 0.387 e. The van der Waals surface area contributed by atoms with E-state index in [4.69, 9.17) is 4.84 Å². The van der Waals surface area contributed by atoms with Crippen molar-refractivity contribution in [2.24, 2.45) is 11.3 Å². The summed E-state index contributed by atoms with van der Waals surface area (Å²) in [5.41, 5.74) is 2.14. The Labute approximate surface area is 140 Å². The average molecular weight is 415 g/mol. The van der Waals surface area contributed by atoms with E-state index in [-0.39, 0.29) is 0 Å². The summed E-state index contributed by atoms with van der Waals surface area (Å²) in [7, 11) is 1.94. The average Bonchev–Trinajstić information content (AvgIpc) is 2.65. The maximum absolute atomic E-state index is 10.0. The molecule has 1 saturated carbocycles. The highest BCUT2D eigenvalue weighted by Crippen LogP contribution is 2.45. The highest BCUT2D eigenvalue weighted by molar-refractivity contribution is 14.2. The van der Waals surface area contributed by atoms with Gasteiger partial charge in [-0.05, 0) is 85.9 Å². The molecule has 2 N–H and O–H groups in total. The Kier molecular flexibility index (Phi) is 7.11. The van der Waals surface area contributed by atoms with Crippen molar-refractivity contribution in [3.63, 3.8) is 0 Å². The van der Waals surface area contributed by atoms with Gasteiger partial charge in [0.25, 0.3) is 0 Å². The van der Waals surface area contributed by atoms with Crippen LogP contribution in [-0.2, 0) is 4.84 Å². The summed E-state index contributed by atoms with van der Waals surface area (Å²) in [6.07, 6.45) is 5.18. The van der Waals surface area contributed by atoms with Crippen molar-refractivity contribution in [2.45, 2.75) is 71.5 Å². The van der Waals surface area contributed by atoms with Gasteiger partial charge < -0.3 is 5.11 Å². The van der Waals surface area contributed by atoms with Crippen molar-refractivity contribution in [3.05, 3.63) is 0 Å². The molecule has 20 heavy (non-hydrogen) atoms. The lowest BCUT2D eigenvalue weighted by Gasteiger charge is -2.36. The monoisotopic (exact) mass is 415 g/mol. The Morgan fingerprint density at radius 3 is 2.60 bits per heavy atom. The molecule has 0 radical (unpaired) electrons. The molecule has 1 rings (SSSR count). The zero-order valence-corrected chi connectivity index (χ0v) is 16.4. The minimum Gasteiger partial charge on any atom is -0.387 e. The van der Waals surface area contributed by atoms with E-state index in [1.807, 2.05) is 22.8 Å². The van der Waals surface area contributed by atoms with Crippen LogP contribution in [0, 0.1) is 11.3 Å². The molecular formula is C15H30INO2S.